The predicted molar refractivity (Wildman–Crippen MR) is 68.7 cm³/mol. The number of amides is 1. The molecule has 1 N–H and O–H groups in total. The first-order chi connectivity index (χ1) is 8.42. The molecule has 1 rings (SSSR count). The number of aryl methyl sites for hydroxylation is 1. The van der Waals surface area contributed by atoms with Gasteiger partial charge in [0.1, 0.15) is 6.04 Å². The number of H-pyrrole nitrogens is 1. The topological polar surface area (TPSA) is 75.2 Å². The Morgan fingerprint density at radius 1 is 1.39 bits per heavy atom. The summed E-state index contributed by atoms with van der Waals surface area (Å²) in [6, 6.07) is -0.618. The first kappa shape index (κ1) is 14.2. The van der Waals surface area contributed by atoms with Gasteiger partial charge in [0.2, 0.25) is 5.91 Å². The summed E-state index contributed by atoms with van der Waals surface area (Å²) in [5.41, 5.74) is -0.564. The second kappa shape index (κ2) is 5.66. The number of nitrogens with one attached hydrogen (secondary N) is 1. The smallest absolute Gasteiger partial charge is 0.329 e. The van der Waals surface area contributed by atoms with Gasteiger partial charge in [0.05, 0.1) is 0 Å². The highest BCUT2D eigenvalue weighted by molar-refractivity contribution is 5.80. The molecular formula is C12H19N3O3. The van der Waals surface area contributed by atoms with Crippen molar-refractivity contribution in [2.75, 3.05) is 13.1 Å². The zero-order chi connectivity index (χ0) is 13.9. The lowest BCUT2D eigenvalue weighted by molar-refractivity contribution is -0.134. The number of carbonyl (C=O) groups excluding carboxylic acids is 1. The van der Waals surface area contributed by atoms with Crippen molar-refractivity contribution in [2.24, 2.45) is 0 Å². The molecule has 100 valence electrons. The molecule has 0 fully saturated rings. The maximum atomic E-state index is 12.1. The monoisotopic (exact) mass is 253 g/mol. The van der Waals surface area contributed by atoms with Gasteiger partial charge in [-0.25, -0.2) is 4.79 Å². The first-order valence-electron chi connectivity index (χ1n) is 6.03. The number of nitrogens with zero attached hydrogens (tertiary/aromatic N) is 2. The van der Waals surface area contributed by atoms with Gasteiger partial charge in [0, 0.05) is 24.8 Å². The number of rotatable bonds is 4. The molecule has 1 heterocycles. The van der Waals surface area contributed by atoms with E-state index >= 15 is 0 Å². The van der Waals surface area contributed by atoms with Crippen molar-refractivity contribution in [1.82, 2.24) is 14.5 Å². The van der Waals surface area contributed by atoms with Crippen LogP contribution >= 0.6 is 0 Å². The number of aromatic nitrogens is 2. The molecule has 0 aliphatic carbocycles. The average Bonchev–Trinajstić information content (AvgIpc) is 2.34. The van der Waals surface area contributed by atoms with E-state index in [-0.39, 0.29) is 5.91 Å². The van der Waals surface area contributed by atoms with E-state index in [1.807, 2.05) is 13.8 Å². The highest BCUT2D eigenvalue weighted by Crippen LogP contribution is 2.07. The standard InChI is InChI=1S/C12H19N3O3/c1-5-14(6-2)11(17)9(4)15-7-8(3)10(16)13-12(15)18/h7,9H,5-6H2,1-4H3,(H,13,16,18). The minimum Gasteiger partial charge on any atom is -0.341 e. The third kappa shape index (κ3) is 2.69. The first-order valence-corrected chi connectivity index (χ1v) is 6.03. The number of hydrogen-bond acceptors (Lipinski definition) is 3. The number of likely N-dealkylation sites (N-methyl/N-ethyl adjacent to an activating group) is 1. The fraction of sp³-hybridized carbons (Fsp3) is 0.583. The van der Waals surface area contributed by atoms with Crippen molar-refractivity contribution in [3.8, 4) is 0 Å². The van der Waals surface area contributed by atoms with Crippen molar-refractivity contribution in [2.45, 2.75) is 33.7 Å². The lowest BCUT2D eigenvalue weighted by Crippen LogP contribution is -2.41. The van der Waals surface area contributed by atoms with Gasteiger partial charge in [-0.3, -0.25) is 19.1 Å². The molecule has 0 aliphatic rings. The van der Waals surface area contributed by atoms with E-state index in [2.05, 4.69) is 4.98 Å². The van der Waals surface area contributed by atoms with Crippen molar-refractivity contribution < 1.29 is 4.79 Å². The Hall–Kier alpha value is -1.85. The van der Waals surface area contributed by atoms with Crippen LogP contribution in [-0.2, 0) is 4.79 Å². The lowest BCUT2D eigenvalue weighted by Gasteiger charge is -2.23. The van der Waals surface area contributed by atoms with Crippen LogP contribution < -0.4 is 11.2 Å². The summed E-state index contributed by atoms with van der Waals surface area (Å²) in [5.74, 6) is -0.131. The molecule has 6 nitrogen and oxygen atoms in total. The summed E-state index contributed by atoms with van der Waals surface area (Å²) in [6.45, 7) is 8.21. The van der Waals surface area contributed by atoms with Gasteiger partial charge in [-0.2, -0.15) is 0 Å². The van der Waals surface area contributed by atoms with Gasteiger partial charge in [0.15, 0.2) is 0 Å². The second-order valence-corrected chi connectivity index (χ2v) is 4.17. The van der Waals surface area contributed by atoms with Crippen LogP contribution in [0.1, 0.15) is 32.4 Å². The van der Waals surface area contributed by atoms with E-state index in [4.69, 9.17) is 0 Å². The maximum Gasteiger partial charge on any atom is 0.329 e. The number of hydrogen-bond donors (Lipinski definition) is 1. The van der Waals surface area contributed by atoms with E-state index in [1.54, 1.807) is 18.7 Å². The quantitative estimate of drug-likeness (QED) is 0.837. The van der Waals surface area contributed by atoms with E-state index in [9.17, 15) is 14.4 Å². The van der Waals surface area contributed by atoms with Gasteiger partial charge in [-0.05, 0) is 27.7 Å². The largest absolute Gasteiger partial charge is 0.341 e. The summed E-state index contributed by atoms with van der Waals surface area (Å²) >= 11 is 0. The van der Waals surface area contributed by atoms with E-state index in [1.165, 1.54) is 10.8 Å². The molecule has 0 saturated heterocycles. The Morgan fingerprint density at radius 3 is 2.44 bits per heavy atom. The Morgan fingerprint density at radius 2 is 1.94 bits per heavy atom. The normalized spacial score (nSPS) is 12.2. The summed E-state index contributed by atoms with van der Waals surface area (Å²) in [5, 5.41) is 0. The van der Waals surface area contributed by atoms with Gasteiger partial charge in [-0.1, -0.05) is 0 Å². The molecule has 1 atom stereocenters. The van der Waals surface area contributed by atoms with E-state index in [0.29, 0.717) is 18.7 Å². The Balaban J connectivity index is 3.15. The SMILES string of the molecule is CCN(CC)C(=O)C(C)n1cc(C)c(=O)[nH]c1=O. The third-order valence-electron chi connectivity index (χ3n) is 3.00. The van der Waals surface area contributed by atoms with Crippen molar-refractivity contribution >= 4 is 5.91 Å². The molecule has 0 aromatic carbocycles. The molecule has 0 spiro atoms. The summed E-state index contributed by atoms with van der Waals surface area (Å²) in [6.07, 6.45) is 1.42. The van der Waals surface area contributed by atoms with Gasteiger partial charge in [-0.15, -0.1) is 0 Å². The molecule has 18 heavy (non-hydrogen) atoms. The van der Waals surface area contributed by atoms with E-state index in [0.717, 1.165) is 0 Å². The van der Waals surface area contributed by atoms with Crippen LogP contribution in [0, 0.1) is 6.92 Å². The molecule has 1 aromatic rings. The van der Waals surface area contributed by atoms with Crippen LogP contribution in [0.2, 0.25) is 0 Å². The fourth-order valence-electron chi connectivity index (χ4n) is 1.79. The summed E-state index contributed by atoms with van der Waals surface area (Å²) in [7, 11) is 0. The third-order valence-corrected chi connectivity index (χ3v) is 3.00. The summed E-state index contributed by atoms with van der Waals surface area (Å²) < 4.78 is 1.26. The molecule has 1 amide bonds. The van der Waals surface area contributed by atoms with Crippen molar-refractivity contribution in [3.63, 3.8) is 0 Å². The molecule has 1 unspecified atom stereocenters. The fourth-order valence-corrected chi connectivity index (χ4v) is 1.79. The molecule has 6 heteroatoms. The van der Waals surface area contributed by atoms with Crippen LogP contribution in [0.5, 0.6) is 0 Å². The zero-order valence-corrected chi connectivity index (χ0v) is 11.2. The highest BCUT2D eigenvalue weighted by Gasteiger charge is 2.21. The highest BCUT2D eigenvalue weighted by atomic mass is 16.2. The van der Waals surface area contributed by atoms with Gasteiger partial charge >= 0.3 is 5.69 Å². The molecule has 0 radical (unpaired) electrons. The van der Waals surface area contributed by atoms with Crippen LogP contribution in [-0.4, -0.2) is 33.4 Å². The Kier molecular flexibility index (Phi) is 4.47. The minimum atomic E-state index is -0.618. The van der Waals surface area contributed by atoms with E-state index < -0.39 is 17.3 Å². The van der Waals surface area contributed by atoms with Crippen LogP contribution in [0.4, 0.5) is 0 Å². The molecule has 0 bridgehead atoms. The average molecular weight is 253 g/mol. The zero-order valence-electron chi connectivity index (χ0n) is 11.2. The minimum absolute atomic E-state index is 0.131. The Bertz CT molecular complexity index is 540. The van der Waals surface area contributed by atoms with Crippen molar-refractivity contribution in [3.05, 3.63) is 32.6 Å². The lowest BCUT2D eigenvalue weighted by atomic mass is 10.2. The Labute approximate surface area is 105 Å². The number of aromatic amines is 1. The van der Waals surface area contributed by atoms with Gasteiger partial charge in [0.25, 0.3) is 5.56 Å². The second-order valence-electron chi connectivity index (χ2n) is 4.17. The predicted octanol–water partition coefficient (Wildman–Crippen LogP) is 0.274. The van der Waals surface area contributed by atoms with Crippen molar-refractivity contribution in [1.29, 1.82) is 0 Å². The van der Waals surface area contributed by atoms with Crippen LogP contribution in [0.15, 0.2) is 15.8 Å². The molecule has 0 saturated carbocycles. The molecular weight excluding hydrogens is 234 g/mol. The molecule has 1 aromatic heterocycles. The van der Waals surface area contributed by atoms with Gasteiger partial charge < -0.3 is 4.90 Å². The number of carbonyl (C=O) groups is 1. The summed E-state index contributed by atoms with van der Waals surface area (Å²) in [4.78, 5) is 38.9. The van der Waals surface area contributed by atoms with Crippen LogP contribution in [0.25, 0.3) is 0 Å². The van der Waals surface area contributed by atoms with Crippen LogP contribution in [0.3, 0.4) is 0 Å². The molecule has 0 aliphatic heterocycles. The maximum absolute atomic E-state index is 12.1.